The molecule has 0 bridgehead atoms. The average molecular weight is 585 g/mol. The summed E-state index contributed by atoms with van der Waals surface area (Å²) in [6.45, 7) is 5.92. The molecule has 1 saturated heterocycles. The molecule has 4 saturated carbocycles. The summed E-state index contributed by atoms with van der Waals surface area (Å²) in [5, 5.41) is 76.7. The molecule has 10 nitrogen and oxygen atoms in total. The van der Waals surface area contributed by atoms with E-state index < -0.39 is 72.2 Å². The third-order valence-electron chi connectivity index (χ3n) is 13.1. The minimum Gasteiger partial charge on any atom is -0.469 e. The second-order valence-electron chi connectivity index (χ2n) is 14.6. The fourth-order valence-corrected chi connectivity index (χ4v) is 10.9. The minimum atomic E-state index is -1.50. The molecule has 5 rings (SSSR count). The molecule has 0 aromatic heterocycles. The maximum atomic E-state index is 12.0. The molecule has 0 aromatic rings. The van der Waals surface area contributed by atoms with Gasteiger partial charge in [-0.05, 0) is 97.2 Å². The zero-order valence-electron chi connectivity index (χ0n) is 24.9. The van der Waals surface area contributed by atoms with Gasteiger partial charge in [0.05, 0.1) is 38.1 Å². The fraction of sp³-hybridized carbons (Fsp3) is 0.968. The molecule has 0 amide bonds. The van der Waals surface area contributed by atoms with Crippen LogP contribution < -0.4 is 0 Å². The highest BCUT2D eigenvalue weighted by atomic mass is 16.5. The summed E-state index contributed by atoms with van der Waals surface area (Å²) in [6.07, 6.45) is -3.67. The minimum absolute atomic E-state index is 0.0666. The Kier molecular flexibility index (Phi) is 8.92. The van der Waals surface area contributed by atoms with Gasteiger partial charge in [0.1, 0.15) is 24.4 Å². The average Bonchev–Trinajstić information content (AvgIpc) is 3.30. The van der Waals surface area contributed by atoms with E-state index >= 15 is 0 Å². The molecule has 4 aliphatic carbocycles. The Labute approximate surface area is 243 Å². The van der Waals surface area contributed by atoms with Crippen LogP contribution >= 0.6 is 0 Å². The summed E-state index contributed by atoms with van der Waals surface area (Å²) >= 11 is 0. The van der Waals surface area contributed by atoms with Crippen molar-refractivity contribution in [2.24, 2.45) is 52.3 Å². The zero-order valence-corrected chi connectivity index (χ0v) is 24.9. The van der Waals surface area contributed by atoms with Crippen molar-refractivity contribution >= 4 is 5.97 Å². The van der Waals surface area contributed by atoms with E-state index in [-0.39, 0.29) is 41.5 Å². The number of hydrogen-bond acceptors (Lipinski definition) is 10. The predicted octanol–water partition coefficient (Wildman–Crippen LogP) is 0.606. The molecule has 1 unspecified atom stereocenters. The Bertz CT molecular complexity index is 946. The lowest BCUT2D eigenvalue weighted by molar-refractivity contribution is -0.283. The van der Waals surface area contributed by atoms with Crippen LogP contribution in [0.15, 0.2) is 0 Å². The number of methoxy groups -OCH3 is 1. The van der Waals surface area contributed by atoms with Gasteiger partial charge in [0, 0.05) is 6.42 Å². The highest BCUT2D eigenvalue weighted by molar-refractivity contribution is 5.69. The van der Waals surface area contributed by atoms with Crippen LogP contribution in [0.1, 0.15) is 72.1 Å². The Morgan fingerprint density at radius 2 is 1.61 bits per heavy atom. The Morgan fingerprint density at radius 1 is 0.902 bits per heavy atom. The molecule has 5 aliphatic rings. The summed E-state index contributed by atoms with van der Waals surface area (Å²) in [4.78, 5) is 11.8. The summed E-state index contributed by atoms with van der Waals surface area (Å²) in [6, 6.07) is 0. The number of esters is 1. The molecule has 1 aliphatic heterocycles. The predicted molar refractivity (Wildman–Crippen MR) is 147 cm³/mol. The van der Waals surface area contributed by atoms with Crippen molar-refractivity contribution in [3.8, 4) is 0 Å². The molecule has 0 radical (unpaired) electrons. The summed E-state index contributed by atoms with van der Waals surface area (Å²) in [7, 11) is 1.39. The van der Waals surface area contributed by atoms with E-state index in [0.29, 0.717) is 38.5 Å². The molecule has 236 valence electrons. The molecule has 7 N–H and O–H groups in total. The largest absolute Gasteiger partial charge is 0.469 e. The van der Waals surface area contributed by atoms with Crippen molar-refractivity contribution in [3.05, 3.63) is 0 Å². The standard InChI is InChI=1S/C31H52O10/c1-14(5-8-24(36)40-4)17-6-7-18-25-19(12-23(35)31(17,18)3)30(2)15(10-21(25)34)9-16(33)11-20(30)29-28(39)27(38)26(37)22(13-32)41-29/h14-23,25-29,32-35,37-39H,5-13H2,1-4H3/t14-,15+,16+,17-,18+,19+,20?,21-,22-,23+,25+,26-,27+,28-,29-,30+,31-/m1/s1. The van der Waals surface area contributed by atoms with Gasteiger partial charge in [-0.15, -0.1) is 0 Å². The van der Waals surface area contributed by atoms with Gasteiger partial charge in [-0.1, -0.05) is 20.8 Å². The van der Waals surface area contributed by atoms with Crippen molar-refractivity contribution in [3.63, 3.8) is 0 Å². The Balaban J connectivity index is 1.47. The van der Waals surface area contributed by atoms with Gasteiger partial charge in [0.25, 0.3) is 0 Å². The van der Waals surface area contributed by atoms with Crippen LogP contribution in [-0.2, 0) is 14.3 Å². The van der Waals surface area contributed by atoms with Crippen LogP contribution in [0.2, 0.25) is 0 Å². The molecule has 0 aromatic carbocycles. The first-order valence-corrected chi connectivity index (χ1v) is 15.7. The van der Waals surface area contributed by atoms with E-state index in [4.69, 9.17) is 9.47 Å². The molecule has 10 heteroatoms. The van der Waals surface area contributed by atoms with Crippen molar-refractivity contribution in [1.29, 1.82) is 0 Å². The monoisotopic (exact) mass is 584 g/mol. The lowest BCUT2D eigenvalue weighted by Crippen LogP contribution is -2.68. The van der Waals surface area contributed by atoms with Crippen molar-refractivity contribution < 1.29 is 50.0 Å². The van der Waals surface area contributed by atoms with Crippen LogP contribution in [0, 0.1) is 52.3 Å². The van der Waals surface area contributed by atoms with Gasteiger partial charge in [0.2, 0.25) is 0 Å². The number of ether oxygens (including phenoxy) is 2. The number of rotatable bonds is 6. The number of fused-ring (bicyclic) bond motifs is 5. The first-order chi connectivity index (χ1) is 19.3. The van der Waals surface area contributed by atoms with Crippen LogP contribution in [0.25, 0.3) is 0 Å². The first-order valence-electron chi connectivity index (χ1n) is 15.7. The molecule has 17 atom stereocenters. The highest BCUT2D eigenvalue weighted by Crippen LogP contribution is 2.70. The lowest BCUT2D eigenvalue weighted by atomic mass is 9.40. The Morgan fingerprint density at radius 3 is 2.27 bits per heavy atom. The van der Waals surface area contributed by atoms with E-state index in [0.717, 1.165) is 12.8 Å². The van der Waals surface area contributed by atoms with Gasteiger partial charge in [0.15, 0.2) is 0 Å². The van der Waals surface area contributed by atoms with Gasteiger partial charge in [-0.25, -0.2) is 0 Å². The maximum Gasteiger partial charge on any atom is 0.305 e. The molecular weight excluding hydrogens is 532 g/mol. The molecule has 0 spiro atoms. The summed E-state index contributed by atoms with van der Waals surface area (Å²) in [5.74, 6) is -0.490. The third kappa shape index (κ3) is 4.89. The van der Waals surface area contributed by atoms with Crippen LogP contribution in [0.3, 0.4) is 0 Å². The molecule has 41 heavy (non-hydrogen) atoms. The van der Waals surface area contributed by atoms with Crippen molar-refractivity contribution in [2.45, 2.75) is 121 Å². The van der Waals surface area contributed by atoms with E-state index in [1.807, 2.05) is 0 Å². The SMILES string of the molecule is COC(=O)CC[C@@H](C)[C@H]1CC[C@H]2[C@@H]3[C@H](O)C[C@@H]4C[C@H](O)CC([C@H]5O[C@H](CO)[C@@H](O)[C@H](O)[C@H]5O)[C@]4(C)[C@H]3C[C@H](O)[C@]12C. The van der Waals surface area contributed by atoms with E-state index in [1.165, 1.54) is 7.11 Å². The highest BCUT2D eigenvalue weighted by Gasteiger charge is 2.68. The van der Waals surface area contributed by atoms with E-state index in [2.05, 4.69) is 20.8 Å². The summed E-state index contributed by atoms with van der Waals surface area (Å²) in [5.41, 5.74) is -0.957. The zero-order chi connectivity index (χ0) is 30.0. The fourth-order valence-electron chi connectivity index (χ4n) is 10.9. The van der Waals surface area contributed by atoms with E-state index in [9.17, 15) is 40.5 Å². The number of hydrogen-bond donors (Lipinski definition) is 7. The van der Waals surface area contributed by atoms with Crippen LogP contribution in [0.5, 0.6) is 0 Å². The molecule has 1 heterocycles. The van der Waals surface area contributed by atoms with Crippen LogP contribution in [-0.4, -0.2) is 104 Å². The van der Waals surface area contributed by atoms with E-state index in [1.54, 1.807) is 0 Å². The lowest BCUT2D eigenvalue weighted by Gasteiger charge is -2.66. The second-order valence-corrected chi connectivity index (χ2v) is 14.6. The van der Waals surface area contributed by atoms with Gasteiger partial charge < -0.3 is 45.2 Å². The van der Waals surface area contributed by atoms with Gasteiger partial charge in [-0.3, -0.25) is 4.79 Å². The maximum absolute atomic E-state index is 12.0. The van der Waals surface area contributed by atoms with Crippen molar-refractivity contribution in [1.82, 2.24) is 0 Å². The number of aliphatic hydroxyl groups excluding tert-OH is 7. The number of aliphatic hydroxyl groups is 7. The third-order valence-corrected chi connectivity index (χ3v) is 13.1. The first kappa shape index (κ1) is 31.6. The number of carbonyl (C=O) groups is 1. The van der Waals surface area contributed by atoms with Gasteiger partial charge >= 0.3 is 5.97 Å². The Hall–Kier alpha value is -0.850. The summed E-state index contributed by atoms with van der Waals surface area (Å²) < 4.78 is 10.9. The topological polar surface area (TPSA) is 177 Å². The van der Waals surface area contributed by atoms with Gasteiger partial charge in [-0.2, -0.15) is 0 Å². The second kappa shape index (κ2) is 11.6. The van der Waals surface area contributed by atoms with Crippen molar-refractivity contribution in [2.75, 3.05) is 13.7 Å². The quantitative estimate of drug-likeness (QED) is 0.219. The smallest absolute Gasteiger partial charge is 0.305 e. The van der Waals surface area contributed by atoms with Crippen LogP contribution in [0.4, 0.5) is 0 Å². The number of carbonyl (C=O) groups excluding carboxylic acids is 1. The normalized spacial score (nSPS) is 54.0. The molecular formula is C31H52O10. The molecule has 5 fully saturated rings.